The molecule has 4 rings (SSSR count). The standard InChI is InChI=1S/C21H19F3N4O2/c1-13-4-3-9-27(12-13)20(29)17-11-19-25-16(14-5-7-15(30-2)8-6-14)10-18(21(22,23)24)28(19)26-17/h5-8,10-11H,1,3-4,9,12H2,2H3. The molecule has 0 radical (unpaired) electrons. The van der Waals surface area contributed by atoms with E-state index in [-0.39, 0.29) is 17.0 Å². The lowest BCUT2D eigenvalue weighted by atomic mass is 10.1. The van der Waals surface area contributed by atoms with E-state index in [0.29, 0.717) is 28.9 Å². The van der Waals surface area contributed by atoms with Crippen LogP contribution in [0.2, 0.25) is 0 Å². The van der Waals surface area contributed by atoms with E-state index in [0.717, 1.165) is 24.5 Å². The number of hydrogen-bond donors (Lipinski definition) is 0. The van der Waals surface area contributed by atoms with Gasteiger partial charge in [-0.1, -0.05) is 12.2 Å². The highest BCUT2D eigenvalue weighted by atomic mass is 19.4. The van der Waals surface area contributed by atoms with Crippen molar-refractivity contribution < 1.29 is 22.7 Å². The van der Waals surface area contributed by atoms with Crippen LogP contribution in [-0.2, 0) is 6.18 Å². The normalized spacial score (nSPS) is 14.9. The van der Waals surface area contributed by atoms with Gasteiger partial charge in [-0.25, -0.2) is 9.50 Å². The van der Waals surface area contributed by atoms with Gasteiger partial charge in [0.25, 0.3) is 5.91 Å². The molecule has 3 heterocycles. The summed E-state index contributed by atoms with van der Waals surface area (Å²) in [5.41, 5.74) is 0.409. The number of piperidine rings is 1. The first-order chi connectivity index (χ1) is 14.3. The van der Waals surface area contributed by atoms with Gasteiger partial charge >= 0.3 is 6.18 Å². The molecule has 3 aromatic rings. The minimum Gasteiger partial charge on any atom is -0.497 e. The van der Waals surface area contributed by atoms with E-state index < -0.39 is 17.8 Å². The summed E-state index contributed by atoms with van der Waals surface area (Å²) < 4.78 is 47.0. The number of amides is 1. The van der Waals surface area contributed by atoms with Crippen molar-refractivity contribution in [1.29, 1.82) is 0 Å². The Morgan fingerprint density at radius 1 is 1.20 bits per heavy atom. The van der Waals surface area contributed by atoms with Gasteiger partial charge in [-0.05, 0) is 43.2 Å². The van der Waals surface area contributed by atoms with Crippen LogP contribution in [0.5, 0.6) is 5.75 Å². The Morgan fingerprint density at radius 3 is 2.57 bits per heavy atom. The quantitative estimate of drug-likeness (QED) is 0.600. The first-order valence-electron chi connectivity index (χ1n) is 9.34. The van der Waals surface area contributed by atoms with E-state index >= 15 is 0 Å². The van der Waals surface area contributed by atoms with E-state index in [1.165, 1.54) is 13.2 Å². The molecular formula is C21H19F3N4O2. The van der Waals surface area contributed by atoms with Gasteiger partial charge in [-0.2, -0.15) is 18.3 Å². The van der Waals surface area contributed by atoms with Gasteiger partial charge in [-0.3, -0.25) is 4.79 Å². The van der Waals surface area contributed by atoms with Crippen molar-refractivity contribution in [3.8, 4) is 17.0 Å². The molecule has 1 aliphatic rings. The average molecular weight is 416 g/mol. The number of alkyl halides is 3. The van der Waals surface area contributed by atoms with Gasteiger partial charge in [0.05, 0.1) is 12.8 Å². The highest BCUT2D eigenvalue weighted by Crippen LogP contribution is 2.33. The number of carbonyl (C=O) groups excluding carboxylic acids is 1. The number of nitrogens with zero attached hydrogens (tertiary/aromatic N) is 4. The van der Waals surface area contributed by atoms with Crippen LogP contribution < -0.4 is 4.74 Å². The van der Waals surface area contributed by atoms with E-state index in [4.69, 9.17) is 4.74 Å². The van der Waals surface area contributed by atoms with Crippen molar-refractivity contribution in [3.63, 3.8) is 0 Å². The number of benzene rings is 1. The molecule has 6 nitrogen and oxygen atoms in total. The molecule has 9 heteroatoms. The number of hydrogen-bond acceptors (Lipinski definition) is 4. The molecule has 30 heavy (non-hydrogen) atoms. The number of ether oxygens (including phenoxy) is 1. The fourth-order valence-corrected chi connectivity index (χ4v) is 3.47. The van der Waals surface area contributed by atoms with E-state index in [1.807, 2.05) is 0 Å². The minimum absolute atomic E-state index is 0.0465. The van der Waals surface area contributed by atoms with Gasteiger partial charge < -0.3 is 9.64 Å². The number of fused-ring (bicyclic) bond motifs is 1. The summed E-state index contributed by atoms with van der Waals surface area (Å²) in [6.07, 6.45) is -3.07. The lowest BCUT2D eigenvalue weighted by Gasteiger charge is -2.27. The molecule has 2 aromatic heterocycles. The third-order valence-electron chi connectivity index (χ3n) is 4.98. The molecule has 1 fully saturated rings. The minimum atomic E-state index is -4.67. The van der Waals surface area contributed by atoms with Crippen LogP contribution in [0.4, 0.5) is 13.2 Å². The highest BCUT2D eigenvalue weighted by Gasteiger charge is 2.36. The molecule has 1 aromatic carbocycles. The summed E-state index contributed by atoms with van der Waals surface area (Å²) in [6.45, 7) is 4.79. The molecule has 0 saturated carbocycles. The Morgan fingerprint density at radius 2 is 1.93 bits per heavy atom. The van der Waals surface area contributed by atoms with Gasteiger partial charge in [0.1, 0.15) is 5.75 Å². The Bertz CT molecular complexity index is 1120. The maximum atomic E-state index is 13.7. The topological polar surface area (TPSA) is 59.7 Å². The van der Waals surface area contributed by atoms with Crippen molar-refractivity contribution >= 4 is 11.6 Å². The average Bonchev–Trinajstić information content (AvgIpc) is 3.16. The molecule has 0 aliphatic carbocycles. The third-order valence-corrected chi connectivity index (χ3v) is 4.98. The van der Waals surface area contributed by atoms with Gasteiger partial charge in [-0.15, -0.1) is 0 Å². The predicted molar refractivity (Wildman–Crippen MR) is 104 cm³/mol. The molecular weight excluding hydrogens is 397 g/mol. The van der Waals surface area contributed by atoms with Crippen LogP contribution in [0.15, 0.2) is 48.6 Å². The van der Waals surface area contributed by atoms with Gasteiger partial charge in [0.15, 0.2) is 17.0 Å². The molecule has 0 bridgehead atoms. The molecule has 1 amide bonds. The van der Waals surface area contributed by atoms with Crippen LogP contribution in [0.3, 0.4) is 0 Å². The number of aromatic nitrogens is 3. The van der Waals surface area contributed by atoms with Gasteiger partial charge in [0.2, 0.25) is 0 Å². The Balaban J connectivity index is 1.79. The Labute approximate surface area is 170 Å². The summed E-state index contributed by atoms with van der Waals surface area (Å²) in [5, 5.41) is 3.93. The molecule has 0 unspecified atom stereocenters. The van der Waals surface area contributed by atoms with Crippen molar-refractivity contribution in [1.82, 2.24) is 19.5 Å². The number of halogens is 3. The smallest absolute Gasteiger partial charge is 0.433 e. The molecule has 0 spiro atoms. The van der Waals surface area contributed by atoms with Crippen LogP contribution in [0, 0.1) is 0 Å². The Hall–Kier alpha value is -3.36. The van der Waals surface area contributed by atoms with Crippen LogP contribution in [0.25, 0.3) is 16.9 Å². The van der Waals surface area contributed by atoms with Crippen LogP contribution in [-0.4, -0.2) is 45.6 Å². The zero-order valence-corrected chi connectivity index (χ0v) is 16.2. The summed E-state index contributed by atoms with van der Waals surface area (Å²) in [7, 11) is 1.50. The molecule has 1 saturated heterocycles. The number of rotatable bonds is 3. The zero-order chi connectivity index (χ0) is 21.5. The molecule has 1 aliphatic heterocycles. The highest BCUT2D eigenvalue weighted by molar-refractivity contribution is 5.93. The fourth-order valence-electron chi connectivity index (χ4n) is 3.47. The van der Waals surface area contributed by atoms with E-state index in [1.54, 1.807) is 29.2 Å². The first-order valence-corrected chi connectivity index (χ1v) is 9.34. The fraction of sp³-hybridized carbons (Fsp3) is 0.286. The summed E-state index contributed by atoms with van der Waals surface area (Å²) in [5.74, 6) is 0.150. The van der Waals surface area contributed by atoms with E-state index in [2.05, 4.69) is 16.7 Å². The second-order valence-electron chi connectivity index (χ2n) is 7.13. The summed E-state index contributed by atoms with van der Waals surface area (Å²) >= 11 is 0. The lowest BCUT2D eigenvalue weighted by Crippen LogP contribution is -2.36. The largest absolute Gasteiger partial charge is 0.497 e. The zero-order valence-electron chi connectivity index (χ0n) is 16.2. The molecule has 0 atom stereocenters. The van der Waals surface area contributed by atoms with Crippen molar-refractivity contribution in [2.24, 2.45) is 0 Å². The lowest BCUT2D eigenvalue weighted by molar-refractivity contribution is -0.142. The van der Waals surface area contributed by atoms with Crippen LogP contribution in [0.1, 0.15) is 29.0 Å². The second-order valence-corrected chi connectivity index (χ2v) is 7.13. The first kappa shape index (κ1) is 19.9. The second kappa shape index (κ2) is 7.47. The third kappa shape index (κ3) is 3.74. The molecule has 0 N–H and O–H groups in total. The number of likely N-dealkylation sites (tertiary alicyclic amines) is 1. The van der Waals surface area contributed by atoms with E-state index in [9.17, 15) is 18.0 Å². The maximum absolute atomic E-state index is 13.7. The Kier molecular flexibility index (Phi) is 4.97. The number of carbonyl (C=O) groups is 1. The molecule has 156 valence electrons. The predicted octanol–water partition coefficient (Wildman–Crippen LogP) is 4.22. The maximum Gasteiger partial charge on any atom is 0.433 e. The summed E-state index contributed by atoms with van der Waals surface area (Å²) in [4.78, 5) is 18.6. The SMILES string of the molecule is C=C1CCCN(C(=O)c2cc3nc(-c4ccc(OC)cc4)cc(C(F)(F)F)n3n2)C1. The van der Waals surface area contributed by atoms with Crippen molar-refractivity contribution in [3.05, 3.63) is 59.9 Å². The number of methoxy groups -OCH3 is 1. The van der Waals surface area contributed by atoms with Crippen molar-refractivity contribution in [2.45, 2.75) is 19.0 Å². The monoisotopic (exact) mass is 416 g/mol. The van der Waals surface area contributed by atoms with Gasteiger partial charge in [0, 0.05) is 24.7 Å². The summed E-state index contributed by atoms with van der Waals surface area (Å²) in [6, 6.07) is 8.76. The van der Waals surface area contributed by atoms with Crippen molar-refractivity contribution in [2.75, 3.05) is 20.2 Å². The van der Waals surface area contributed by atoms with Crippen LogP contribution >= 0.6 is 0 Å².